The summed E-state index contributed by atoms with van der Waals surface area (Å²) in [5.41, 5.74) is 0.935. The highest BCUT2D eigenvalue weighted by atomic mass is 16.5. The summed E-state index contributed by atoms with van der Waals surface area (Å²) in [6.45, 7) is 0.692. The van der Waals surface area contributed by atoms with Gasteiger partial charge in [-0.1, -0.05) is 37.8 Å². The average Bonchev–Trinajstić information content (AvgIpc) is 2.76. The lowest BCUT2D eigenvalue weighted by Gasteiger charge is -2.29. The molecular weight excluding hydrogens is 250 g/mol. The molecule has 2 rings (SSSR count). The number of hydrogen-bond acceptors (Lipinski definition) is 3. The van der Waals surface area contributed by atoms with Crippen LogP contribution in [0.3, 0.4) is 0 Å². The third-order valence-electron chi connectivity index (χ3n) is 4.39. The Hall–Kier alpha value is -1.06. The van der Waals surface area contributed by atoms with E-state index in [2.05, 4.69) is 11.9 Å². The Kier molecular flexibility index (Phi) is 5.86. The molecule has 0 bridgehead atoms. The molecule has 1 fully saturated rings. The van der Waals surface area contributed by atoms with Gasteiger partial charge in [0.25, 0.3) is 0 Å². The van der Waals surface area contributed by atoms with E-state index < -0.39 is 6.10 Å². The fourth-order valence-corrected chi connectivity index (χ4v) is 3.07. The summed E-state index contributed by atoms with van der Waals surface area (Å²) in [5.74, 6) is 0.804. The van der Waals surface area contributed by atoms with Crippen molar-refractivity contribution in [1.82, 2.24) is 4.90 Å². The van der Waals surface area contributed by atoms with Crippen molar-refractivity contribution < 1.29 is 9.84 Å². The van der Waals surface area contributed by atoms with Crippen molar-refractivity contribution in [2.45, 2.75) is 50.7 Å². The van der Waals surface area contributed by atoms with Gasteiger partial charge < -0.3 is 14.7 Å². The summed E-state index contributed by atoms with van der Waals surface area (Å²) in [6, 6.07) is 8.35. The lowest BCUT2D eigenvalue weighted by molar-refractivity contribution is 0.0989. The molecule has 1 saturated carbocycles. The van der Waals surface area contributed by atoms with Gasteiger partial charge in [0.05, 0.1) is 13.2 Å². The lowest BCUT2D eigenvalue weighted by atomic mass is 10.0. The van der Waals surface area contributed by atoms with E-state index in [1.807, 2.05) is 24.3 Å². The molecule has 0 heterocycles. The SMILES string of the molecule is COc1cccc(C(O)CN(C)C2CCCCCC2)c1. The van der Waals surface area contributed by atoms with Gasteiger partial charge in [0, 0.05) is 12.6 Å². The number of methoxy groups -OCH3 is 1. The molecule has 0 aromatic heterocycles. The second kappa shape index (κ2) is 7.65. The van der Waals surface area contributed by atoms with Crippen LogP contribution in [0.1, 0.15) is 50.2 Å². The van der Waals surface area contributed by atoms with Crippen LogP contribution in [0.15, 0.2) is 24.3 Å². The summed E-state index contributed by atoms with van der Waals surface area (Å²) in [7, 11) is 3.79. The molecule has 1 atom stereocenters. The van der Waals surface area contributed by atoms with Crippen LogP contribution in [0.5, 0.6) is 5.75 Å². The minimum Gasteiger partial charge on any atom is -0.497 e. The second-order valence-corrected chi connectivity index (χ2v) is 5.88. The third kappa shape index (κ3) is 4.22. The first-order valence-electron chi connectivity index (χ1n) is 7.73. The minimum absolute atomic E-state index is 0.446. The zero-order valence-electron chi connectivity index (χ0n) is 12.7. The number of nitrogens with zero attached hydrogens (tertiary/aromatic N) is 1. The Bertz CT molecular complexity index is 400. The van der Waals surface area contributed by atoms with Gasteiger partial charge in [-0.25, -0.2) is 0 Å². The van der Waals surface area contributed by atoms with Crippen LogP contribution in [-0.4, -0.2) is 36.8 Å². The molecule has 112 valence electrons. The molecule has 20 heavy (non-hydrogen) atoms. The molecule has 1 aromatic rings. The van der Waals surface area contributed by atoms with E-state index in [9.17, 15) is 5.11 Å². The Morgan fingerprint density at radius 1 is 1.25 bits per heavy atom. The van der Waals surface area contributed by atoms with E-state index in [0.717, 1.165) is 11.3 Å². The molecule has 0 radical (unpaired) electrons. The number of aliphatic hydroxyl groups is 1. The predicted octanol–water partition coefficient (Wildman–Crippen LogP) is 3.38. The normalized spacial score (nSPS) is 18.8. The summed E-state index contributed by atoms with van der Waals surface area (Å²) in [4.78, 5) is 2.33. The second-order valence-electron chi connectivity index (χ2n) is 5.88. The van der Waals surface area contributed by atoms with Crippen molar-refractivity contribution in [3.63, 3.8) is 0 Å². The highest BCUT2D eigenvalue weighted by Crippen LogP contribution is 2.24. The number of rotatable bonds is 5. The molecule has 0 saturated heterocycles. The van der Waals surface area contributed by atoms with E-state index in [4.69, 9.17) is 4.74 Å². The van der Waals surface area contributed by atoms with Crippen LogP contribution in [0.2, 0.25) is 0 Å². The van der Waals surface area contributed by atoms with Crippen molar-refractivity contribution in [3.05, 3.63) is 29.8 Å². The molecule has 3 heteroatoms. The standard InChI is InChI=1S/C17H27NO2/c1-18(15-9-5-3-4-6-10-15)13-17(19)14-8-7-11-16(12-14)20-2/h7-8,11-12,15,17,19H,3-6,9-10,13H2,1-2H3. The number of likely N-dealkylation sites (N-methyl/N-ethyl adjacent to an activating group) is 1. The molecule has 3 nitrogen and oxygen atoms in total. The Labute approximate surface area is 122 Å². The smallest absolute Gasteiger partial charge is 0.119 e. The number of hydrogen-bond donors (Lipinski definition) is 1. The maximum atomic E-state index is 10.4. The van der Waals surface area contributed by atoms with Crippen LogP contribution in [0.25, 0.3) is 0 Å². The fourth-order valence-electron chi connectivity index (χ4n) is 3.07. The largest absolute Gasteiger partial charge is 0.497 e. The van der Waals surface area contributed by atoms with E-state index in [1.165, 1.54) is 38.5 Å². The van der Waals surface area contributed by atoms with Gasteiger partial charge in [-0.3, -0.25) is 0 Å². The van der Waals surface area contributed by atoms with Crippen LogP contribution >= 0.6 is 0 Å². The summed E-state index contributed by atoms with van der Waals surface area (Å²) < 4.78 is 5.22. The molecule has 1 N–H and O–H groups in total. The van der Waals surface area contributed by atoms with E-state index in [-0.39, 0.29) is 0 Å². The van der Waals surface area contributed by atoms with Gasteiger partial charge >= 0.3 is 0 Å². The van der Waals surface area contributed by atoms with Crippen molar-refractivity contribution in [1.29, 1.82) is 0 Å². The molecule has 1 aliphatic carbocycles. The molecule has 0 spiro atoms. The first-order chi connectivity index (χ1) is 9.70. The lowest BCUT2D eigenvalue weighted by Crippen LogP contribution is -2.34. The van der Waals surface area contributed by atoms with Crippen molar-refractivity contribution in [2.24, 2.45) is 0 Å². The van der Waals surface area contributed by atoms with Gasteiger partial charge in [0.1, 0.15) is 5.75 Å². The summed E-state index contributed by atoms with van der Waals surface area (Å²) in [5, 5.41) is 10.4. The van der Waals surface area contributed by atoms with Gasteiger partial charge in [-0.2, -0.15) is 0 Å². The van der Waals surface area contributed by atoms with Gasteiger partial charge in [0.15, 0.2) is 0 Å². The molecule has 1 aromatic carbocycles. The predicted molar refractivity (Wildman–Crippen MR) is 82.1 cm³/mol. The average molecular weight is 277 g/mol. The van der Waals surface area contributed by atoms with E-state index in [0.29, 0.717) is 12.6 Å². The maximum Gasteiger partial charge on any atom is 0.119 e. The molecule has 1 unspecified atom stereocenters. The number of benzene rings is 1. The van der Waals surface area contributed by atoms with Crippen molar-refractivity contribution >= 4 is 0 Å². The minimum atomic E-state index is -0.446. The number of ether oxygens (including phenoxy) is 1. The molecular formula is C17H27NO2. The zero-order chi connectivity index (χ0) is 14.4. The summed E-state index contributed by atoms with van der Waals surface area (Å²) in [6.07, 6.45) is 7.46. The first kappa shape index (κ1) is 15.3. The topological polar surface area (TPSA) is 32.7 Å². The quantitative estimate of drug-likeness (QED) is 0.837. The van der Waals surface area contributed by atoms with Gasteiger partial charge in [0.2, 0.25) is 0 Å². The van der Waals surface area contributed by atoms with Gasteiger partial charge in [-0.05, 0) is 37.6 Å². The Morgan fingerprint density at radius 3 is 2.60 bits per heavy atom. The van der Waals surface area contributed by atoms with Crippen molar-refractivity contribution in [3.8, 4) is 5.75 Å². The third-order valence-corrected chi connectivity index (χ3v) is 4.39. The highest BCUT2D eigenvalue weighted by Gasteiger charge is 2.20. The Balaban J connectivity index is 1.93. The molecule has 0 aliphatic heterocycles. The Morgan fingerprint density at radius 2 is 1.95 bits per heavy atom. The van der Waals surface area contributed by atoms with E-state index >= 15 is 0 Å². The van der Waals surface area contributed by atoms with Crippen LogP contribution in [0.4, 0.5) is 0 Å². The monoisotopic (exact) mass is 277 g/mol. The molecule has 1 aliphatic rings. The summed E-state index contributed by atoms with van der Waals surface area (Å²) >= 11 is 0. The van der Waals surface area contributed by atoms with E-state index in [1.54, 1.807) is 7.11 Å². The zero-order valence-corrected chi connectivity index (χ0v) is 12.7. The maximum absolute atomic E-state index is 10.4. The number of aliphatic hydroxyl groups excluding tert-OH is 1. The van der Waals surface area contributed by atoms with Crippen LogP contribution in [0, 0.1) is 0 Å². The van der Waals surface area contributed by atoms with Crippen LogP contribution in [-0.2, 0) is 0 Å². The van der Waals surface area contributed by atoms with Crippen molar-refractivity contribution in [2.75, 3.05) is 20.7 Å². The molecule has 0 amide bonds. The highest BCUT2D eigenvalue weighted by molar-refractivity contribution is 5.29. The van der Waals surface area contributed by atoms with Crippen LogP contribution < -0.4 is 4.74 Å². The fraction of sp³-hybridized carbons (Fsp3) is 0.647. The van der Waals surface area contributed by atoms with Gasteiger partial charge in [-0.15, -0.1) is 0 Å². The first-order valence-corrected chi connectivity index (χ1v) is 7.73.